The second-order valence-corrected chi connectivity index (χ2v) is 7.76. The van der Waals surface area contributed by atoms with Gasteiger partial charge in [-0.3, -0.25) is 9.59 Å². The number of unbranched alkanes of at least 4 members (excludes halogenated alkanes) is 1. The van der Waals surface area contributed by atoms with E-state index in [1.54, 1.807) is 12.1 Å². The van der Waals surface area contributed by atoms with Gasteiger partial charge in [0.25, 0.3) is 5.91 Å². The van der Waals surface area contributed by atoms with Crippen molar-refractivity contribution in [1.29, 1.82) is 0 Å². The van der Waals surface area contributed by atoms with Crippen molar-refractivity contribution in [3.63, 3.8) is 0 Å². The maximum absolute atomic E-state index is 12.8. The summed E-state index contributed by atoms with van der Waals surface area (Å²) in [7, 11) is 0. The van der Waals surface area contributed by atoms with Crippen molar-refractivity contribution in [2.45, 2.75) is 46.1 Å². The molecule has 0 unspecified atom stereocenters. The van der Waals surface area contributed by atoms with E-state index in [2.05, 4.69) is 36.3 Å². The number of amides is 2. The van der Waals surface area contributed by atoms with Gasteiger partial charge in [0.2, 0.25) is 5.91 Å². The Hall–Kier alpha value is -2.86. The number of nitrogens with zero attached hydrogens (tertiary/aromatic N) is 1. The van der Waals surface area contributed by atoms with E-state index in [0.717, 1.165) is 43.8 Å². The fraction of sp³-hybridized carbons (Fsp3) is 0.462. The molecule has 0 fully saturated rings. The molecule has 0 heterocycles. The van der Waals surface area contributed by atoms with Crippen molar-refractivity contribution in [2.75, 3.05) is 32.8 Å². The van der Waals surface area contributed by atoms with Gasteiger partial charge in [0, 0.05) is 25.1 Å². The molecule has 2 N–H and O–H groups in total. The van der Waals surface area contributed by atoms with Gasteiger partial charge < -0.3 is 20.3 Å². The predicted octanol–water partition coefficient (Wildman–Crippen LogP) is 3.66. The van der Waals surface area contributed by atoms with Gasteiger partial charge in [-0.05, 0) is 49.3 Å². The number of hydrogen-bond donors (Lipinski definition) is 2. The average Bonchev–Trinajstić information content (AvgIpc) is 2.83. The van der Waals surface area contributed by atoms with Crippen LogP contribution in [0.25, 0.3) is 0 Å². The number of carbonyl (C=O) groups excluding carboxylic acids is 2. The maximum atomic E-state index is 12.8. The maximum Gasteiger partial charge on any atom is 0.251 e. The molecule has 2 rings (SSSR count). The van der Waals surface area contributed by atoms with E-state index in [1.807, 2.05) is 42.5 Å². The number of carbonyl (C=O) groups is 2. The molecule has 0 aliphatic carbocycles. The van der Waals surface area contributed by atoms with Gasteiger partial charge in [-0.25, -0.2) is 0 Å². The molecule has 0 spiro atoms. The molecule has 174 valence electrons. The van der Waals surface area contributed by atoms with Crippen molar-refractivity contribution in [2.24, 2.45) is 0 Å². The summed E-state index contributed by atoms with van der Waals surface area (Å²) in [5, 5.41) is 5.83. The zero-order valence-electron chi connectivity index (χ0n) is 19.6. The second-order valence-electron chi connectivity index (χ2n) is 7.76. The minimum Gasteiger partial charge on any atom is -0.492 e. The highest BCUT2D eigenvalue weighted by molar-refractivity contribution is 5.97. The van der Waals surface area contributed by atoms with E-state index in [1.165, 1.54) is 0 Å². The Morgan fingerprint density at radius 2 is 1.66 bits per heavy atom. The van der Waals surface area contributed by atoms with Gasteiger partial charge in [0.1, 0.15) is 18.4 Å². The molecule has 2 aromatic rings. The van der Waals surface area contributed by atoms with Gasteiger partial charge in [0.15, 0.2) is 0 Å². The Labute approximate surface area is 192 Å². The molecule has 0 saturated heterocycles. The standard InChI is InChI=1S/C26H37N3O3/c1-4-7-17-27-26(31)24(28-25(30)22-11-9-8-10-12-22)20-21-13-15-23(16-14-21)32-19-18-29(5-2)6-3/h8-16,24H,4-7,17-20H2,1-3H3,(H,27,31)(H,28,30)/t24-/m1/s1. The molecule has 0 saturated carbocycles. The molecule has 0 aliphatic heterocycles. The summed E-state index contributed by atoms with van der Waals surface area (Å²) in [5.74, 6) is 0.387. The molecule has 6 nitrogen and oxygen atoms in total. The van der Waals surface area contributed by atoms with E-state index in [4.69, 9.17) is 4.74 Å². The summed E-state index contributed by atoms with van der Waals surface area (Å²) in [6, 6.07) is 16.1. The summed E-state index contributed by atoms with van der Waals surface area (Å²) in [6.07, 6.45) is 2.32. The number of ether oxygens (including phenoxy) is 1. The van der Waals surface area contributed by atoms with E-state index < -0.39 is 6.04 Å². The molecule has 32 heavy (non-hydrogen) atoms. The van der Waals surface area contributed by atoms with Crippen molar-refractivity contribution in [3.8, 4) is 5.75 Å². The van der Waals surface area contributed by atoms with Crippen LogP contribution in [0.5, 0.6) is 5.75 Å². The smallest absolute Gasteiger partial charge is 0.251 e. The third kappa shape index (κ3) is 8.71. The highest BCUT2D eigenvalue weighted by Crippen LogP contribution is 2.14. The fourth-order valence-electron chi connectivity index (χ4n) is 3.34. The lowest BCUT2D eigenvalue weighted by molar-refractivity contribution is -0.122. The van der Waals surface area contributed by atoms with Crippen LogP contribution in [-0.2, 0) is 11.2 Å². The number of benzene rings is 2. The Morgan fingerprint density at radius 3 is 2.28 bits per heavy atom. The van der Waals surface area contributed by atoms with Gasteiger partial charge in [-0.1, -0.05) is 57.5 Å². The van der Waals surface area contributed by atoms with Crippen LogP contribution in [0, 0.1) is 0 Å². The molecule has 0 radical (unpaired) electrons. The number of rotatable bonds is 14. The molecular formula is C26H37N3O3. The minimum atomic E-state index is -0.644. The normalized spacial score (nSPS) is 11.8. The van der Waals surface area contributed by atoms with Crippen LogP contribution < -0.4 is 15.4 Å². The van der Waals surface area contributed by atoms with Gasteiger partial charge >= 0.3 is 0 Å². The van der Waals surface area contributed by atoms with Crippen molar-refractivity contribution in [1.82, 2.24) is 15.5 Å². The third-order valence-corrected chi connectivity index (χ3v) is 5.42. The van der Waals surface area contributed by atoms with Crippen LogP contribution in [-0.4, -0.2) is 55.5 Å². The summed E-state index contributed by atoms with van der Waals surface area (Å²) >= 11 is 0. The first-order valence-corrected chi connectivity index (χ1v) is 11.6. The second kappa shape index (κ2) is 14.2. The zero-order chi connectivity index (χ0) is 23.2. The van der Waals surface area contributed by atoms with Crippen LogP contribution in [0.3, 0.4) is 0 Å². The predicted molar refractivity (Wildman–Crippen MR) is 129 cm³/mol. The van der Waals surface area contributed by atoms with E-state index in [0.29, 0.717) is 25.1 Å². The summed E-state index contributed by atoms with van der Waals surface area (Å²) in [5.41, 5.74) is 1.50. The molecular weight excluding hydrogens is 402 g/mol. The van der Waals surface area contributed by atoms with Crippen LogP contribution >= 0.6 is 0 Å². The lowest BCUT2D eigenvalue weighted by atomic mass is 10.0. The summed E-state index contributed by atoms with van der Waals surface area (Å²) in [6.45, 7) is 10.5. The van der Waals surface area contributed by atoms with Crippen molar-refractivity contribution in [3.05, 3.63) is 65.7 Å². The van der Waals surface area contributed by atoms with Crippen LogP contribution in [0.2, 0.25) is 0 Å². The molecule has 0 aliphatic rings. The first-order valence-electron chi connectivity index (χ1n) is 11.6. The number of nitrogens with one attached hydrogen (secondary N) is 2. The van der Waals surface area contributed by atoms with Gasteiger partial charge in [0.05, 0.1) is 0 Å². The van der Waals surface area contributed by atoms with Crippen LogP contribution in [0.4, 0.5) is 0 Å². The Bertz CT molecular complexity index is 805. The highest BCUT2D eigenvalue weighted by atomic mass is 16.5. The first kappa shape index (κ1) is 25.4. The molecule has 2 amide bonds. The topological polar surface area (TPSA) is 70.7 Å². The van der Waals surface area contributed by atoms with Gasteiger partial charge in [-0.15, -0.1) is 0 Å². The minimum absolute atomic E-state index is 0.165. The van der Waals surface area contributed by atoms with E-state index in [-0.39, 0.29) is 11.8 Å². The zero-order valence-corrected chi connectivity index (χ0v) is 19.6. The van der Waals surface area contributed by atoms with E-state index >= 15 is 0 Å². The highest BCUT2D eigenvalue weighted by Gasteiger charge is 2.21. The first-order chi connectivity index (χ1) is 15.6. The molecule has 0 bridgehead atoms. The molecule has 0 aromatic heterocycles. The lowest BCUT2D eigenvalue weighted by Crippen LogP contribution is -2.48. The Balaban J connectivity index is 1.99. The summed E-state index contributed by atoms with van der Waals surface area (Å²) in [4.78, 5) is 27.7. The van der Waals surface area contributed by atoms with Crippen LogP contribution in [0.15, 0.2) is 54.6 Å². The molecule has 1 atom stereocenters. The molecule has 2 aromatic carbocycles. The number of hydrogen-bond acceptors (Lipinski definition) is 4. The van der Waals surface area contributed by atoms with Gasteiger partial charge in [-0.2, -0.15) is 0 Å². The van der Waals surface area contributed by atoms with E-state index in [9.17, 15) is 9.59 Å². The monoisotopic (exact) mass is 439 g/mol. The van der Waals surface area contributed by atoms with Crippen molar-refractivity contribution < 1.29 is 14.3 Å². The quantitative estimate of drug-likeness (QED) is 0.441. The lowest BCUT2D eigenvalue weighted by Gasteiger charge is -2.19. The third-order valence-electron chi connectivity index (χ3n) is 5.42. The SMILES string of the molecule is CCCCNC(=O)[C@@H](Cc1ccc(OCCN(CC)CC)cc1)NC(=O)c1ccccc1. The molecule has 6 heteroatoms. The largest absolute Gasteiger partial charge is 0.492 e. The van der Waals surface area contributed by atoms with Crippen molar-refractivity contribution >= 4 is 11.8 Å². The fourth-order valence-corrected chi connectivity index (χ4v) is 3.34. The Morgan fingerprint density at radius 1 is 0.969 bits per heavy atom. The van der Waals surface area contributed by atoms with Crippen LogP contribution in [0.1, 0.15) is 49.5 Å². The Kier molecular flexibility index (Phi) is 11.3. The average molecular weight is 440 g/mol. The summed E-state index contributed by atoms with van der Waals surface area (Å²) < 4.78 is 5.84. The number of likely N-dealkylation sites (N-methyl/N-ethyl adjacent to an activating group) is 1.